The molecule has 0 amide bonds. The molecule has 0 saturated carbocycles. The second-order valence-electron chi connectivity index (χ2n) is 5.45. The van der Waals surface area contributed by atoms with Crippen LogP contribution in [0.5, 0.6) is 0 Å². The molecule has 152 valence electrons. The van der Waals surface area contributed by atoms with E-state index in [0.29, 0.717) is 5.70 Å². The van der Waals surface area contributed by atoms with E-state index in [9.17, 15) is 9.13 Å². The summed E-state index contributed by atoms with van der Waals surface area (Å²) in [6.45, 7) is 6.91. The molecule has 0 unspecified atom stereocenters. The van der Waals surface area contributed by atoms with Crippen LogP contribution in [-0.2, 0) is 32.1 Å². The van der Waals surface area contributed by atoms with Crippen molar-refractivity contribution >= 4 is 20.9 Å². The first-order valence-electron chi connectivity index (χ1n) is 8.92. The standard InChI is InChI=1S/C17H27NO7P2/c1-5-21-26(19,22-6-2)17(27(20,23-7-3)24-8-4)14-16(18-25-17)15-12-10-9-11-13-15/h9-14,18H,5-8H2,1-4H3. The maximum absolute atomic E-state index is 13.7. The Bertz CT molecular complexity index is 688. The highest BCUT2D eigenvalue weighted by Gasteiger charge is 2.68. The minimum Gasteiger partial charge on any atom is -0.306 e. The second kappa shape index (κ2) is 9.48. The Labute approximate surface area is 160 Å². The Morgan fingerprint density at radius 1 is 0.852 bits per heavy atom. The van der Waals surface area contributed by atoms with Gasteiger partial charge in [0.1, 0.15) is 0 Å². The van der Waals surface area contributed by atoms with Crippen molar-refractivity contribution in [3.63, 3.8) is 0 Å². The molecule has 27 heavy (non-hydrogen) atoms. The largest absolute Gasteiger partial charge is 0.381 e. The van der Waals surface area contributed by atoms with E-state index in [-0.39, 0.29) is 26.4 Å². The number of nitrogens with one attached hydrogen (secondary N) is 1. The molecule has 1 aromatic rings. The molecule has 0 fully saturated rings. The zero-order valence-electron chi connectivity index (χ0n) is 16.0. The molecule has 0 atom stereocenters. The zero-order chi connectivity index (χ0) is 20.0. The van der Waals surface area contributed by atoms with Crippen molar-refractivity contribution in [2.75, 3.05) is 26.4 Å². The van der Waals surface area contributed by atoms with Crippen molar-refractivity contribution in [3.8, 4) is 0 Å². The Hall–Kier alpha value is -0.980. The van der Waals surface area contributed by atoms with Crippen LogP contribution in [0.4, 0.5) is 0 Å². The number of rotatable bonds is 11. The predicted octanol–water partition coefficient (Wildman–Crippen LogP) is 4.75. The van der Waals surface area contributed by atoms with Crippen LogP contribution < -0.4 is 5.48 Å². The fourth-order valence-electron chi connectivity index (χ4n) is 2.68. The van der Waals surface area contributed by atoms with E-state index in [1.807, 2.05) is 30.3 Å². The number of hydrogen-bond donors (Lipinski definition) is 1. The van der Waals surface area contributed by atoms with Crippen LogP contribution in [-0.4, -0.2) is 31.5 Å². The maximum atomic E-state index is 13.7. The molecule has 1 N–H and O–H groups in total. The van der Waals surface area contributed by atoms with Crippen LogP contribution in [0.2, 0.25) is 0 Å². The van der Waals surface area contributed by atoms with E-state index >= 15 is 0 Å². The molecule has 0 spiro atoms. The van der Waals surface area contributed by atoms with Crippen LogP contribution in [0.15, 0.2) is 36.4 Å². The van der Waals surface area contributed by atoms with Gasteiger partial charge in [0.15, 0.2) is 0 Å². The topological polar surface area (TPSA) is 92.3 Å². The molecule has 0 bridgehead atoms. The smallest absolute Gasteiger partial charge is 0.306 e. The van der Waals surface area contributed by atoms with E-state index in [1.54, 1.807) is 27.7 Å². The van der Waals surface area contributed by atoms with Crippen LogP contribution in [0.1, 0.15) is 33.3 Å². The van der Waals surface area contributed by atoms with Crippen molar-refractivity contribution in [3.05, 3.63) is 42.0 Å². The van der Waals surface area contributed by atoms with Crippen molar-refractivity contribution < 1.29 is 32.1 Å². The summed E-state index contributed by atoms with van der Waals surface area (Å²) < 4.78 is 49.3. The Morgan fingerprint density at radius 3 is 1.70 bits per heavy atom. The molecule has 2 rings (SSSR count). The summed E-state index contributed by atoms with van der Waals surface area (Å²) >= 11 is 0. The van der Waals surface area contributed by atoms with Gasteiger partial charge in [-0.1, -0.05) is 30.3 Å². The normalized spacial score (nSPS) is 16.8. The van der Waals surface area contributed by atoms with Crippen LogP contribution in [0.3, 0.4) is 0 Å². The zero-order valence-corrected chi connectivity index (χ0v) is 17.8. The minimum absolute atomic E-state index is 0.0646. The maximum Gasteiger partial charge on any atom is 0.381 e. The second-order valence-corrected chi connectivity index (χ2v) is 10.2. The lowest BCUT2D eigenvalue weighted by molar-refractivity contribution is 0.0188. The van der Waals surface area contributed by atoms with E-state index in [0.717, 1.165) is 5.56 Å². The van der Waals surface area contributed by atoms with Gasteiger partial charge >= 0.3 is 20.3 Å². The number of hydrogen-bond acceptors (Lipinski definition) is 8. The highest BCUT2D eigenvalue weighted by Crippen LogP contribution is 2.79. The molecule has 1 aliphatic heterocycles. The molecule has 1 aromatic carbocycles. The van der Waals surface area contributed by atoms with Gasteiger partial charge in [0, 0.05) is 6.08 Å². The Kier molecular flexibility index (Phi) is 7.83. The van der Waals surface area contributed by atoms with E-state index < -0.39 is 20.3 Å². The van der Waals surface area contributed by atoms with Crippen molar-refractivity contribution in [1.82, 2.24) is 5.48 Å². The minimum atomic E-state index is -4.11. The molecule has 0 aromatic heterocycles. The first-order chi connectivity index (χ1) is 12.9. The predicted molar refractivity (Wildman–Crippen MR) is 103 cm³/mol. The third-order valence-corrected chi connectivity index (χ3v) is 9.58. The van der Waals surface area contributed by atoms with Crippen molar-refractivity contribution in [2.45, 2.75) is 32.8 Å². The summed E-state index contributed by atoms with van der Waals surface area (Å²) in [5.41, 5.74) is 3.92. The average Bonchev–Trinajstić information content (AvgIpc) is 3.11. The van der Waals surface area contributed by atoms with E-state index in [2.05, 4.69) is 5.48 Å². The van der Waals surface area contributed by atoms with Gasteiger partial charge < -0.3 is 18.1 Å². The molecule has 1 aliphatic rings. The first kappa shape index (κ1) is 22.3. The lowest BCUT2D eigenvalue weighted by atomic mass is 10.1. The molecule has 0 saturated heterocycles. The fourth-order valence-corrected chi connectivity index (χ4v) is 7.71. The van der Waals surface area contributed by atoms with Gasteiger partial charge in [0.2, 0.25) is 0 Å². The van der Waals surface area contributed by atoms with Crippen molar-refractivity contribution in [1.29, 1.82) is 0 Å². The lowest BCUT2D eigenvalue weighted by Crippen LogP contribution is -2.34. The van der Waals surface area contributed by atoms with Crippen LogP contribution in [0.25, 0.3) is 5.70 Å². The van der Waals surface area contributed by atoms with Gasteiger partial charge in [0.05, 0.1) is 32.1 Å². The SMILES string of the molecule is CCOP(=O)(OCC)C1(P(=O)(OCC)OCC)C=C(c2ccccc2)NO1. The van der Waals surface area contributed by atoms with E-state index in [1.165, 1.54) is 6.08 Å². The Morgan fingerprint density at radius 2 is 1.30 bits per heavy atom. The highest BCUT2D eigenvalue weighted by atomic mass is 31.2. The molecule has 0 aliphatic carbocycles. The van der Waals surface area contributed by atoms with Gasteiger partial charge in [-0.2, -0.15) is 0 Å². The summed E-state index contributed by atoms with van der Waals surface area (Å²) in [6.07, 6.45) is 1.43. The Balaban J connectivity index is 2.68. The first-order valence-corrected chi connectivity index (χ1v) is 12.0. The summed E-state index contributed by atoms with van der Waals surface area (Å²) in [5.74, 6) is 0. The average molecular weight is 419 g/mol. The molecule has 10 heteroatoms. The van der Waals surface area contributed by atoms with Gasteiger partial charge in [-0.25, -0.2) is 4.84 Å². The molecular formula is C17H27NO7P2. The van der Waals surface area contributed by atoms with Crippen LogP contribution >= 0.6 is 15.2 Å². The quantitative estimate of drug-likeness (QED) is 0.514. The van der Waals surface area contributed by atoms with Gasteiger partial charge in [-0.05, 0) is 33.3 Å². The van der Waals surface area contributed by atoms with Crippen molar-refractivity contribution in [2.24, 2.45) is 0 Å². The van der Waals surface area contributed by atoms with Gasteiger partial charge in [0.25, 0.3) is 0 Å². The summed E-state index contributed by atoms with van der Waals surface area (Å²) in [7, 11) is -8.22. The molecule has 1 heterocycles. The number of hydroxylamine groups is 1. The van der Waals surface area contributed by atoms with E-state index in [4.69, 9.17) is 22.9 Å². The third kappa shape index (κ3) is 4.22. The highest BCUT2D eigenvalue weighted by molar-refractivity contribution is 7.74. The monoisotopic (exact) mass is 419 g/mol. The summed E-state index contributed by atoms with van der Waals surface area (Å²) in [6, 6.07) is 9.21. The van der Waals surface area contributed by atoms with Crippen LogP contribution in [0, 0.1) is 0 Å². The van der Waals surface area contributed by atoms with Gasteiger partial charge in [-0.15, -0.1) is 0 Å². The molecule has 0 radical (unpaired) electrons. The fraction of sp³-hybridized carbons (Fsp3) is 0.529. The molecule has 8 nitrogen and oxygen atoms in total. The third-order valence-electron chi connectivity index (χ3n) is 3.71. The summed E-state index contributed by atoms with van der Waals surface area (Å²) in [4.78, 5) is 5.68. The lowest BCUT2D eigenvalue weighted by Gasteiger charge is -2.36. The number of benzene rings is 1. The molecular weight excluding hydrogens is 392 g/mol. The summed E-state index contributed by atoms with van der Waals surface area (Å²) in [5, 5.41) is -2.07. The van der Waals surface area contributed by atoms with Gasteiger partial charge in [-0.3, -0.25) is 14.6 Å².